The molecule has 0 atom stereocenters. The zero-order valence-electron chi connectivity index (χ0n) is 16.6. The molecule has 0 aliphatic carbocycles. The fourth-order valence-corrected chi connectivity index (χ4v) is 4.96. The van der Waals surface area contributed by atoms with Crippen LogP contribution in [0.4, 0.5) is 11.4 Å². The van der Waals surface area contributed by atoms with E-state index in [1.54, 1.807) is 48.5 Å². The van der Waals surface area contributed by atoms with Crippen molar-refractivity contribution in [2.45, 2.75) is 0 Å². The van der Waals surface area contributed by atoms with Crippen LogP contribution < -0.4 is 8.92 Å². The molecule has 0 aromatic heterocycles. The molecule has 4 rings (SSSR count). The number of hydrogen-bond donors (Lipinski definition) is 2. The molecule has 152 valence electrons. The van der Waals surface area contributed by atoms with E-state index in [4.69, 9.17) is 0 Å². The molecule has 4 aromatic carbocycles. The number of benzene rings is 4. The van der Waals surface area contributed by atoms with E-state index in [0.717, 1.165) is 22.5 Å². The topological polar surface area (TPSA) is 65.2 Å². The van der Waals surface area contributed by atoms with Crippen molar-refractivity contribution < 1.29 is 10.2 Å². The maximum absolute atomic E-state index is 9.43. The van der Waals surface area contributed by atoms with E-state index in [2.05, 4.69) is 34.3 Å². The third kappa shape index (κ3) is 5.70. The van der Waals surface area contributed by atoms with Gasteiger partial charge in [-0.3, -0.25) is 0 Å². The number of hydrogen-bond acceptors (Lipinski definition) is 4. The quantitative estimate of drug-likeness (QED) is 0.326. The molecule has 0 unspecified atom stereocenters. The summed E-state index contributed by atoms with van der Waals surface area (Å²) in [6.07, 6.45) is 3.74. The van der Waals surface area contributed by atoms with Gasteiger partial charge in [-0.2, -0.15) is 0 Å². The summed E-state index contributed by atoms with van der Waals surface area (Å²) in [6.45, 7) is 0. The van der Waals surface area contributed by atoms with Crippen LogP contribution in [0, 0.1) is 0 Å². The fourth-order valence-electron chi connectivity index (χ4n) is 2.84. The first-order chi connectivity index (χ1) is 15.2. The Kier molecular flexibility index (Phi) is 6.58. The van der Waals surface area contributed by atoms with Gasteiger partial charge >= 0.3 is 188 Å². The minimum absolute atomic E-state index is 0.0646. The standard InChI is InChI=1S/C26H20N2O2Se/c29-23-13-9-21(10-14-23)27-17-19-5-1-3-7-25(19)31-26-8-4-2-6-20(26)18-28-22-11-15-24(30)16-12-22/h1-18,29-30H. The molecular weight excluding hydrogens is 451 g/mol. The van der Waals surface area contributed by atoms with Crippen molar-refractivity contribution in [1.82, 2.24) is 0 Å². The number of nitrogens with zero attached hydrogens (tertiary/aromatic N) is 2. The average molecular weight is 471 g/mol. The summed E-state index contributed by atoms with van der Waals surface area (Å²) in [5.74, 6) is 0.460. The summed E-state index contributed by atoms with van der Waals surface area (Å²) in [4.78, 5) is 9.11. The molecular formula is C26H20N2O2Se. The Morgan fingerprint density at radius 3 is 1.32 bits per heavy atom. The number of phenols is 2. The Hall–Kier alpha value is -3.66. The van der Waals surface area contributed by atoms with Crippen molar-refractivity contribution in [1.29, 1.82) is 0 Å². The monoisotopic (exact) mass is 472 g/mol. The summed E-state index contributed by atoms with van der Waals surface area (Å²) in [5, 5.41) is 18.9. The van der Waals surface area contributed by atoms with Crippen molar-refractivity contribution >= 4 is 47.7 Å². The van der Waals surface area contributed by atoms with Crippen LogP contribution in [0.15, 0.2) is 107 Å². The zero-order valence-corrected chi connectivity index (χ0v) is 18.3. The summed E-state index contributed by atoms with van der Waals surface area (Å²) in [7, 11) is 0. The minimum atomic E-state index is 0.0646. The van der Waals surface area contributed by atoms with E-state index in [1.807, 2.05) is 36.7 Å². The van der Waals surface area contributed by atoms with E-state index >= 15 is 0 Å². The fraction of sp³-hybridized carbons (Fsp3) is 0. The molecule has 0 heterocycles. The molecule has 0 aliphatic rings. The van der Waals surface area contributed by atoms with Gasteiger partial charge in [0.2, 0.25) is 0 Å². The second kappa shape index (κ2) is 9.90. The SMILES string of the molecule is Oc1ccc(N=Cc2ccccc2[Se]c2ccccc2C=Nc2ccc(O)cc2)cc1. The summed E-state index contributed by atoms with van der Waals surface area (Å²) >= 11 is 0.0646. The third-order valence-corrected chi connectivity index (χ3v) is 6.95. The van der Waals surface area contributed by atoms with Gasteiger partial charge in [-0.05, 0) is 0 Å². The van der Waals surface area contributed by atoms with Gasteiger partial charge in [-0.1, -0.05) is 0 Å². The molecule has 0 amide bonds. The number of phenolic OH excluding ortho intramolecular Hbond substituents is 2. The van der Waals surface area contributed by atoms with Gasteiger partial charge in [0.15, 0.2) is 0 Å². The molecule has 0 saturated heterocycles. The molecule has 0 bridgehead atoms. The van der Waals surface area contributed by atoms with E-state index in [-0.39, 0.29) is 26.5 Å². The molecule has 5 heteroatoms. The molecule has 0 radical (unpaired) electrons. The first-order valence-electron chi connectivity index (χ1n) is 9.69. The van der Waals surface area contributed by atoms with Crippen molar-refractivity contribution in [3.05, 3.63) is 108 Å². The molecule has 0 saturated carbocycles. The van der Waals surface area contributed by atoms with Crippen LogP contribution in [0.25, 0.3) is 0 Å². The number of rotatable bonds is 6. The van der Waals surface area contributed by atoms with Crippen molar-refractivity contribution in [2.24, 2.45) is 9.98 Å². The predicted molar refractivity (Wildman–Crippen MR) is 129 cm³/mol. The van der Waals surface area contributed by atoms with Crippen LogP contribution in [0.1, 0.15) is 11.1 Å². The van der Waals surface area contributed by atoms with E-state index in [1.165, 1.54) is 8.92 Å². The van der Waals surface area contributed by atoms with Crippen LogP contribution in [0.5, 0.6) is 11.5 Å². The van der Waals surface area contributed by atoms with Crippen LogP contribution in [0.3, 0.4) is 0 Å². The summed E-state index contributed by atoms with van der Waals surface area (Å²) in [6, 6.07) is 30.2. The molecule has 0 spiro atoms. The van der Waals surface area contributed by atoms with Crippen LogP contribution in [0.2, 0.25) is 0 Å². The predicted octanol–water partition coefficient (Wildman–Crippen LogP) is 4.25. The Balaban J connectivity index is 1.57. The van der Waals surface area contributed by atoms with Gasteiger partial charge in [0.05, 0.1) is 0 Å². The Bertz CT molecular complexity index is 1120. The first-order valence-corrected chi connectivity index (χ1v) is 11.4. The van der Waals surface area contributed by atoms with Gasteiger partial charge in [0.25, 0.3) is 0 Å². The van der Waals surface area contributed by atoms with Gasteiger partial charge in [-0.15, -0.1) is 0 Å². The zero-order chi connectivity index (χ0) is 21.5. The Morgan fingerprint density at radius 2 is 0.903 bits per heavy atom. The van der Waals surface area contributed by atoms with Gasteiger partial charge in [0, 0.05) is 0 Å². The van der Waals surface area contributed by atoms with Crippen LogP contribution >= 0.6 is 0 Å². The van der Waals surface area contributed by atoms with Gasteiger partial charge < -0.3 is 0 Å². The second-order valence-corrected chi connectivity index (χ2v) is 9.00. The first kappa shape index (κ1) is 20.6. The molecule has 31 heavy (non-hydrogen) atoms. The Labute approximate surface area is 187 Å². The van der Waals surface area contributed by atoms with E-state index < -0.39 is 0 Å². The van der Waals surface area contributed by atoms with Gasteiger partial charge in [-0.25, -0.2) is 0 Å². The number of aromatic hydroxyl groups is 2. The Morgan fingerprint density at radius 1 is 0.516 bits per heavy atom. The van der Waals surface area contributed by atoms with Gasteiger partial charge in [0.1, 0.15) is 0 Å². The van der Waals surface area contributed by atoms with Crippen molar-refractivity contribution in [3.63, 3.8) is 0 Å². The third-order valence-electron chi connectivity index (χ3n) is 4.46. The molecule has 2 N–H and O–H groups in total. The summed E-state index contributed by atoms with van der Waals surface area (Å²) in [5.41, 5.74) is 3.73. The second-order valence-electron chi connectivity index (χ2n) is 6.73. The normalized spacial score (nSPS) is 11.4. The van der Waals surface area contributed by atoms with E-state index in [9.17, 15) is 10.2 Å². The van der Waals surface area contributed by atoms with Crippen LogP contribution in [-0.2, 0) is 0 Å². The summed E-state index contributed by atoms with van der Waals surface area (Å²) < 4.78 is 2.45. The molecule has 4 nitrogen and oxygen atoms in total. The van der Waals surface area contributed by atoms with Crippen LogP contribution in [-0.4, -0.2) is 37.6 Å². The van der Waals surface area contributed by atoms with Crippen molar-refractivity contribution in [2.75, 3.05) is 0 Å². The molecule has 4 aromatic rings. The molecule has 0 aliphatic heterocycles. The molecule has 0 fully saturated rings. The van der Waals surface area contributed by atoms with Crippen molar-refractivity contribution in [3.8, 4) is 11.5 Å². The average Bonchev–Trinajstić information content (AvgIpc) is 2.80. The number of aliphatic imine (C=N–C) groups is 2. The maximum atomic E-state index is 9.43. The van der Waals surface area contributed by atoms with E-state index in [0.29, 0.717) is 0 Å².